The second-order valence-electron chi connectivity index (χ2n) is 4.13. The van der Waals surface area contributed by atoms with Crippen molar-refractivity contribution >= 4 is 5.97 Å². The van der Waals surface area contributed by atoms with Crippen LogP contribution in [-0.4, -0.2) is 20.2 Å². The van der Waals surface area contributed by atoms with Crippen LogP contribution in [0.15, 0.2) is 32.5 Å². The third-order valence-electron chi connectivity index (χ3n) is 2.76. The normalized spacial score (nSPS) is 10.6. The highest BCUT2D eigenvalue weighted by molar-refractivity contribution is 5.88. The van der Waals surface area contributed by atoms with Gasteiger partial charge in [0.25, 0.3) is 0 Å². The molecule has 0 aromatic carbocycles. The van der Waals surface area contributed by atoms with Crippen molar-refractivity contribution in [3.8, 4) is 0 Å². The van der Waals surface area contributed by atoms with Gasteiger partial charge in [0.15, 0.2) is 0 Å². The first-order chi connectivity index (χ1) is 8.90. The van der Waals surface area contributed by atoms with Crippen LogP contribution in [0, 0.1) is 6.92 Å². The largest absolute Gasteiger partial charge is 0.478 e. The molecule has 0 saturated heterocycles. The van der Waals surface area contributed by atoms with Crippen molar-refractivity contribution < 1.29 is 14.3 Å². The highest BCUT2D eigenvalue weighted by Gasteiger charge is 2.14. The standard InChI is InChI=1S/C12H12N2O5/c1-7-9(12(17)18)5-8(19-7)6-14-4-3-13(2)10(15)11(14)16/h3-5H,6H2,1-2H3,(H,17,18). The first-order valence-corrected chi connectivity index (χ1v) is 5.49. The van der Waals surface area contributed by atoms with Gasteiger partial charge < -0.3 is 18.7 Å². The van der Waals surface area contributed by atoms with Crippen LogP contribution in [-0.2, 0) is 13.6 Å². The van der Waals surface area contributed by atoms with Crippen molar-refractivity contribution in [3.63, 3.8) is 0 Å². The van der Waals surface area contributed by atoms with E-state index in [1.54, 1.807) is 0 Å². The third-order valence-corrected chi connectivity index (χ3v) is 2.76. The molecule has 0 aliphatic carbocycles. The fraction of sp³-hybridized carbons (Fsp3) is 0.250. The summed E-state index contributed by atoms with van der Waals surface area (Å²) in [6.45, 7) is 1.54. The molecule has 2 aromatic heterocycles. The Bertz CT molecular complexity index is 750. The van der Waals surface area contributed by atoms with E-state index >= 15 is 0 Å². The Morgan fingerprint density at radius 1 is 1.32 bits per heavy atom. The molecule has 1 N–H and O–H groups in total. The van der Waals surface area contributed by atoms with Gasteiger partial charge >= 0.3 is 17.1 Å². The van der Waals surface area contributed by atoms with Gasteiger partial charge in [-0.1, -0.05) is 0 Å². The summed E-state index contributed by atoms with van der Waals surface area (Å²) in [6.07, 6.45) is 2.90. The van der Waals surface area contributed by atoms with Crippen molar-refractivity contribution in [1.82, 2.24) is 9.13 Å². The van der Waals surface area contributed by atoms with Crippen molar-refractivity contribution in [2.45, 2.75) is 13.5 Å². The van der Waals surface area contributed by atoms with E-state index in [4.69, 9.17) is 9.52 Å². The van der Waals surface area contributed by atoms with Gasteiger partial charge in [-0.3, -0.25) is 9.59 Å². The smallest absolute Gasteiger partial charge is 0.339 e. The first kappa shape index (κ1) is 12.9. The minimum Gasteiger partial charge on any atom is -0.478 e. The molecule has 0 radical (unpaired) electrons. The number of nitrogens with zero attached hydrogens (tertiary/aromatic N) is 2. The van der Waals surface area contributed by atoms with Crippen LogP contribution >= 0.6 is 0 Å². The molecule has 0 aliphatic rings. The van der Waals surface area contributed by atoms with E-state index in [-0.39, 0.29) is 17.9 Å². The van der Waals surface area contributed by atoms with E-state index in [0.717, 1.165) is 0 Å². The lowest BCUT2D eigenvalue weighted by atomic mass is 10.2. The monoisotopic (exact) mass is 264 g/mol. The minimum atomic E-state index is -1.09. The zero-order valence-electron chi connectivity index (χ0n) is 10.4. The number of furan rings is 1. The van der Waals surface area contributed by atoms with E-state index in [0.29, 0.717) is 5.76 Å². The molecule has 2 aromatic rings. The van der Waals surface area contributed by atoms with Crippen molar-refractivity contribution in [1.29, 1.82) is 0 Å². The number of aromatic nitrogens is 2. The molecule has 2 rings (SSSR count). The third kappa shape index (κ3) is 2.35. The summed E-state index contributed by atoms with van der Waals surface area (Å²) in [4.78, 5) is 34.0. The number of aryl methyl sites for hydroxylation is 2. The summed E-state index contributed by atoms with van der Waals surface area (Å²) < 4.78 is 7.60. The van der Waals surface area contributed by atoms with E-state index in [1.807, 2.05) is 0 Å². The topological polar surface area (TPSA) is 94.4 Å². The van der Waals surface area contributed by atoms with Gasteiger partial charge in [-0.25, -0.2) is 4.79 Å². The minimum absolute atomic E-state index is 0.0169. The maximum absolute atomic E-state index is 11.7. The number of carboxylic acid groups (broad SMARTS) is 1. The number of carboxylic acids is 1. The maximum atomic E-state index is 11.7. The predicted molar refractivity (Wildman–Crippen MR) is 65.4 cm³/mol. The average Bonchev–Trinajstić information content (AvgIpc) is 2.71. The van der Waals surface area contributed by atoms with Crippen LogP contribution in [0.2, 0.25) is 0 Å². The van der Waals surface area contributed by atoms with Crippen molar-refractivity contribution in [2.24, 2.45) is 7.05 Å². The molecule has 0 saturated carbocycles. The van der Waals surface area contributed by atoms with Crippen LogP contribution in [0.4, 0.5) is 0 Å². The second kappa shape index (κ2) is 4.60. The van der Waals surface area contributed by atoms with Gasteiger partial charge in [0.1, 0.15) is 17.1 Å². The fourth-order valence-electron chi connectivity index (χ4n) is 1.72. The molecule has 0 unspecified atom stereocenters. The van der Waals surface area contributed by atoms with Gasteiger partial charge in [0.2, 0.25) is 0 Å². The van der Waals surface area contributed by atoms with Gasteiger partial charge in [0, 0.05) is 19.4 Å². The first-order valence-electron chi connectivity index (χ1n) is 5.49. The summed E-state index contributed by atoms with van der Waals surface area (Å²) >= 11 is 0. The lowest BCUT2D eigenvalue weighted by molar-refractivity contribution is 0.0695. The average molecular weight is 264 g/mol. The van der Waals surface area contributed by atoms with Crippen molar-refractivity contribution in [2.75, 3.05) is 0 Å². The summed E-state index contributed by atoms with van der Waals surface area (Å²) in [6, 6.07) is 1.35. The highest BCUT2D eigenvalue weighted by Crippen LogP contribution is 2.15. The molecule has 7 heteroatoms. The number of aromatic carboxylic acids is 1. The SMILES string of the molecule is Cc1oc(Cn2ccn(C)c(=O)c2=O)cc1C(=O)O. The Morgan fingerprint density at radius 3 is 2.58 bits per heavy atom. The van der Waals surface area contributed by atoms with Crippen molar-refractivity contribution in [3.05, 3.63) is 56.3 Å². The lowest BCUT2D eigenvalue weighted by Crippen LogP contribution is -2.39. The molecule has 0 fully saturated rings. The lowest BCUT2D eigenvalue weighted by Gasteiger charge is -2.03. The molecular weight excluding hydrogens is 252 g/mol. The van der Waals surface area contributed by atoms with E-state index < -0.39 is 17.1 Å². The fourth-order valence-corrected chi connectivity index (χ4v) is 1.72. The molecule has 19 heavy (non-hydrogen) atoms. The van der Waals surface area contributed by atoms with Crippen LogP contribution in [0.1, 0.15) is 21.9 Å². The van der Waals surface area contributed by atoms with Crippen LogP contribution < -0.4 is 11.1 Å². The molecule has 7 nitrogen and oxygen atoms in total. The summed E-state index contributed by atoms with van der Waals surface area (Å²) in [7, 11) is 1.48. The molecular formula is C12H12N2O5. The Hall–Kier alpha value is -2.57. The Kier molecular flexibility index (Phi) is 3.12. The zero-order chi connectivity index (χ0) is 14.2. The second-order valence-corrected chi connectivity index (χ2v) is 4.13. The molecule has 0 aliphatic heterocycles. The van der Waals surface area contributed by atoms with E-state index in [1.165, 1.54) is 41.6 Å². The van der Waals surface area contributed by atoms with Gasteiger partial charge in [-0.2, -0.15) is 0 Å². The highest BCUT2D eigenvalue weighted by atomic mass is 16.4. The molecule has 100 valence electrons. The van der Waals surface area contributed by atoms with Crippen LogP contribution in [0.3, 0.4) is 0 Å². The molecule has 2 heterocycles. The predicted octanol–water partition coefficient (Wildman–Crippen LogP) is 0.195. The molecule has 0 spiro atoms. The van der Waals surface area contributed by atoms with E-state index in [9.17, 15) is 14.4 Å². The molecule has 0 atom stereocenters. The zero-order valence-corrected chi connectivity index (χ0v) is 10.4. The molecule has 0 bridgehead atoms. The van der Waals surface area contributed by atoms with Crippen LogP contribution in [0.5, 0.6) is 0 Å². The number of rotatable bonds is 3. The Morgan fingerprint density at radius 2 is 2.00 bits per heavy atom. The Balaban J connectivity index is 2.40. The maximum Gasteiger partial charge on any atom is 0.339 e. The Labute approximate surface area is 107 Å². The number of carbonyl (C=O) groups is 1. The van der Waals surface area contributed by atoms with Crippen LogP contribution in [0.25, 0.3) is 0 Å². The van der Waals surface area contributed by atoms with Gasteiger partial charge in [-0.05, 0) is 13.0 Å². The summed E-state index contributed by atoms with van der Waals surface area (Å²) in [5.41, 5.74) is -1.29. The van der Waals surface area contributed by atoms with Gasteiger partial charge in [-0.15, -0.1) is 0 Å². The van der Waals surface area contributed by atoms with E-state index in [2.05, 4.69) is 0 Å². The number of hydrogen-bond acceptors (Lipinski definition) is 4. The summed E-state index contributed by atoms with van der Waals surface area (Å²) in [5, 5.41) is 8.90. The summed E-state index contributed by atoms with van der Waals surface area (Å²) in [5.74, 6) is -0.520. The van der Waals surface area contributed by atoms with Gasteiger partial charge in [0.05, 0.1) is 6.54 Å². The number of hydrogen-bond donors (Lipinski definition) is 1. The molecule has 0 amide bonds. The quantitative estimate of drug-likeness (QED) is 0.799.